The highest BCUT2D eigenvalue weighted by Crippen LogP contribution is 2.46. The lowest BCUT2D eigenvalue weighted by atomic mass is 9.69. The van der Waals surface area contributed by atoms with Crippen molar-refractivity contribution in [1.29, 1.82) is 0 Å². The molecular formula is C30H31N3O3. The number of fused-ring (bicyclic) bond motifs is 1. The SMILES string of the molecule is C=CCn1c(=O)c(C2CC(=O)N(Nc3ccccc3)C3=C2C(=O)CC(C)(C)C3)cc2cc(C)ccc21. The van der Waals surface area contributed by atoms with Crippen LogP contribution >= 0.6 is 0 Å². The van der Waals surface area contributed by atoms with Crippen LogP contribution in [-0.2, 0) is 16.1 Å². The predicted molar refractivity (Wildman–Crippen MR) is 142 cm³/mol. The first-order valence-electron chi connectivity index (χ1n) is 12.3. The Balaban J connectivity index is 1.71. The molecule has 6 heteroatoms. The number of rotatable bonds is 5. The van der Waals surface area contributed by atoms with E-state index >= 15 is 0 Å². The summed E-state index contributed by atoms with van der Waals surface area (Å²) < 4.78 is 1.69. The molecule has 1 aliphatic carbocycles. The summed E-state index contributed by atoms with van der Waals surface area (Å²) in [6.45, 7) is 10.3. The lowest BCUT2D eigenvalue weighted by Gasteiger charge is -2.42. The third-order valence-corrected chi connectivity index (χ3v) is 7.12. The molecule has 0 saturated heterocycles. The third-order valence-electron chi connectivity index (χ3n) is 7.12. The van der Waals surface area contributed by atoms with Gasteiger partial charge in [0.1, 0.15) is 0 Å². The average Bonchev–Trinajstić information content (AvgIpc) is 2.82. The van der Waals surface area contributed by atoms with E-state index in [1.165, 1.54) is 5.01 Å². The Kier molecular flexibility index (Phi) is 5.91. The minimum absolute atomic E-state index is 0.00220. The molecular weight excluding hydrogens is 450 g/mol. The van der Waals surface area contributed by atoms with Gasteiger partial charge < -0.3 is 4.57 Å². The van der Waals surface area contributed by atoms with Crippen LogP contribution in [0.4, 0.5) is 5.69 Å². The molecule has 0 spiro atoms. The van der Waals surface area contributed by atoms with Crippen LogP contribution in [0.15, 0.2) is 83.3 Å². The number of carbonyl (C=O) groups excluding carboxylic acids is 2. The van der Waals surface area contributed by atoms with Crippen molar-refractivity contribution in [3.8, 4) is 0 Å². The second kappa shape index (κ2) is 8.94. The Labute approximate surface area is 210 Å². The quantitative estimate of drug-likeness (QED) is 0.490. The van der Waals surface area contributed by atoms with E-state index in [1.54, 1.807) is 10.6 Å². The van der Waals surface area contributed by atoms with E-state index in [9.17, 15) is 14.4 Å². The van der Waals surface area contributed by atoms with Gasteiger partial charge in [-0.1, -0.05) is 49.8 Å². The molecule has 2 heterocycles. The van der Waals surface area contributed by atoms with Gasteiger partial charge in [0, 0.05) is 36.4 Å². The van der Waals surface area contributed by atoms with E-state index in [0.29, 0.717) is 36.2 Å². The largest absolute Gasteiger partial charge is 0.304 e. The van der Waals surface area contributed by atoms with E-state index < -0.39 is 5.92 Å². The summed E-state index contributed by atoms with van der Waals surface area (Å²) in [5.74, 6) is -0.747. The molecule has 0 radical (unpaired) electrons. The lowest BCUT2D eigenvalue weighted by molar-refractivity contribution is -0.130. The van der Waals surface area contributed by atoms with Crippen molar-refractivity contribution < 1.29 is 9.59 Å². The van der Waals surface area contributed by atoms with Crippen LogP contribution in [0.3, 0.4) is 0 Å². The van der Waals surface area contributed by atoms with Gasteiger partial charge in [-0.25, -0.2) is 5.01 Å². The number of carbonyl (C=O) groups is 2. The highest BCUT2D eigenvalue weighted by molar-refractivity contribution is 6.02. The summed E-state index contributed by atoms with van der Waals surface area (Å²) >= 11 is 0. The fraction of sp³-hybridized carbons (Fsp3) is 0.300. The topological polar surface area (TPSA) is 71.4 Å². The molecule has 3 aromatic rings. The highest BCUT2D eigenvalue weighted by atomic mass is 16.2. The summed E-state index contributed by atoms with van der Waals surface area (Å²) in [4.78, 5) is 41.0. The van der Waals surface area contributed by atoms with E-state index in [2.05, 4.69) is 12.0 Å². The number of aromatic nitrogens is 1. The van der Waals surface area contributed by atoms with Crippen molar-refractivity contribution in [2.45, 2.75) is 52.5 Å². The van der Waals surface area contributed by atoms with Gasteiger partial charge in [0.05, 0.1) is 16.9 Å². The molecule has 2 aliphatic rings. The van der Waals surface area contributed by atoms with Crippen LogP contribution in [-0.4, -0.2) is 21.3 Å². The molecule has 36 heavy (non-hydrogen) atoms. The van der Waals surface area contributed by atoms with Crippen LogP contribution in [0.2, 0.25) is 0 Å². The number of hydrazine groups is 1. The third kappa shape index (κ3) is 4.17. The van der Waals surface area contributed by atoms with Crippen molar-refractivity contribution in [3.63, 3.8) is 0 Å². The first-order valence-corrected chi connectivity index (χ1v) is 12.3. The molecule has 0 fully saturated rings. The van der Waals surface area contributed by atoms with E-state index in [0.717, 1.165) is 22.2 Å². The average molecular weight is 482 g/mol. The maximum absolute atomic E-state index is 13.8. The molecule has 1 N–H and O–H groups in total. The number of anilines is 1. The maximum atomic E-state index is 13.8. The van der Waals surface area contributed by atoms with E-state index in [4.69, 9.17) is 0 Å². The zero-order chi connectivity index (χ0) is 25.6. The summed E-state index contributed by atoms with van der Waals surface area (Å²) in [6, 6.07) is 17.3. The molecule has 5 rings (SSSR count). The Morgan fingerprint density at radius 3 is 2.53 bits per heavy atom. The van der Waals surface area contributed by atoms with Crippen LogP contribution < -0.4 is 11.0 Å². The molecule has 2 aromatic carbocycles. The van der Waals surface area contributed by atoms with Gasteiger partial charge in [-0.2, -0.15) is 0 Å². The number of pyridine rings is 1. The fourth-order valence-corrected chi connectivity index (χ4v) is 5.54. The number of ketones is 1. The van der Waals surface area contributed by atoms with Crippen LogP contribution in [0, 0.1) is 12.3 Å². The summed E-state index contributed by atoms with van der Waals surface area (Å²) in [5.41, 5.74) is 7.13. The number of hydrogen-bond acceptors (Lipinski definition) is 4. The molecule has 1 atom stereocenters. The molecule has 0 bridgehead atoms. The Bertz CT molecular complexity index is 1480. The van der Waals surface area contributed by atoms with Gasteiger partial charge in [-0.15, -0.1) is 6.58 Å². The van der Waals surface area contributed by atoms with Gasteiger partial charge in [-0.05, 0) is 54.5 Å². The van der Waals surface area contributed by atoms with Crippen molar-refractivity contribution >= 4 is 28.3 Å². The second-order valence-electron chi connectivity index (χ2n) is 10.6. The van der Waals surface area contributed by atoms with Crippen molar-refractivity contribution in [1.82, 2.24) is 9.58 Å². The first kappa shape index (κ1) is 23.8. The molecule has 1 unspecified atom stereocenters. The number of nitrogens with zero attached hydrogens (tertiary/aromatic N) is 2. The Hall–Kier alpha value is -3.93. The molecule has 0 saturated carbocycles. The number of benzene rings is 2. The number of aryl methyl sites for hydroxylation is 1. The van der Waals surface area contributed by atoms with Gasteiger partial charge >= 0.3 is 0 Å². The fourth-order valence-electron chi connectivity index (χ4n) is 5.54. The van der Waals surface area contributed by atoms with Crippen molar-refractivity contribution in [3.05, 3.63) is 100 Å². The predicted octanol–water partition coefficient (Wildman–Crippen LogP) is 5.48. The zero-order valence-corrected chi connectivity index (χ0v) is 21.0. The monoisotopic (exact) mass is 481 g/mol. The van der Waals surface area contributed by atoms with Gasteiger partial charge in [0.15, 0.2) is 5.78 Å². The Morgan fingerprint density at radius 2 is 1.81 bits per heavy atom. The standard InChI is InChI=1S/C30H31N3O3/c1-5-13-32-24-12-11-19(2)14-20(24)15-23(29(32)36)22-16-27(35)33(31-21-9-7-6-8-10-21)25-17-30(3,4)18-26(34)28(22)25/h5-12,14-15,22,31H,1,13,16-18H2,2-4H3. The number of nitrogens with one attached hydrogen (secondary N) is 1. The maximum Gasteiger partial charge on any atom is 0.255 e. The van der Waals surface area contributed by atoms with Crippen molar-refractivity contribution in [2.24, 2.45) is 5.41 Å². The summed E-state index contributed by atoms with van der Waals surface area (Å²) in [6.07, 6.45) is 2.68. The van der Waals surface area contributed by atoms with Crippen LogP contribution in [0.25, 0.3) is 10.9 Å². The Morgan fingerprint density at radius 1 is 1.06 bits per heavy atom. The van der Waals surface area contributed by atoms with Gasteiger partial charge in [-0.3, -0.25) is 19.8 Å². The smallest absolute Gasteiger partial charge is 0.255 e. The number of allylic oxidation sites excluding steroid dienone is 3. The molecule has 1 aliphatic heterocycles. The molecule has 6 nitrogen and oxygen atoms in total. The molecule has 1 amide bonds. The molecule has 1 aromatic heterocycles. The number of amides is 1. The van der Waals surface area contributed by atoms with Gasteiger partial charge in [0.25, 0.3) is 5.56 Å². The van der Waals surface area contributed by atoms with Gasteiger partial charge in [0.2, 0.25) is 5.91 Å². The lowest BCUT2D eigenvalue weighted by Crippen LogP contribution is -2.47. The minimum Gasteiger partial charge on any atom is -0.304 e. The minimum atomic E-state index is -0.585. The summed E-state index contributed by atoms with van der Waals surface area (Å²) in [7, 11) is 0. The van der Waals surface area contributed by atoms with E-state index in [1.807, 2.05) is 75.4 Å². The summed E-state index contributed by atoms with van der Waals surface area (Å²) in [5, 5.41) is 2.45. The van der Waals surface area contributed by atoms with Crippen molar-refractivity contribution in [2.75, 3.05) is 5.43 Å². The van der Waals surface area contributed by atoms with E-state index in [-0.39, 0.29) is 29.1 Å². The second-order valence-corrected chi connectivity index (χ2v) is 10.6. The zero-order valence-electron chi connectivity index (χ0n) is 21.0. The normalized spacial score (nSPS) is 19.4. The van der Waals surface area contributed by atoms with Crippen LogP contribution in [0.1, 0.15) is 50.2 Å². The highest BCUT2D eigenvalue weighted by Gasteiger charge is 2.45. The molecule has 184 valence electrons. The number of hydrogen-bond donors (Lipinski definition) is 1. The first-order chi connectivity index (χ1) is 17.2. The number of Topliss-reactive ketones (excluding diaryl/α,β-unsaturated/α-hetero) is 1. The number of para-hydroxylation sites is 1. The van der Waals surface area contributed by atoms with Crippen LogP contribution in [0.5, 0.6) is 0 Å².